The fourth-order valence-corrected chi connectivity index (χ4v) is 2.42. The van der Waals surface area contributed by atoms with Gasteiger partial charge in [-0.2, -0.15) is 8.78 Å². The van der Waals surface area contributed by atoms with Gasteiger partial charge < -0.3 is 14.8 Å². The Bertz CT molecular complexity index is 428. The number of nitrogens with one attached hydrogen (secondary N) is 1. The molecule has 1 aromatic rings. The first kappa shape index (κ1) is 15.2. The predicted octanol–water partition coefficient (Wildman–Crippen LogP) is 3.51. The summed E-state index contributed by atoms with van der Waals surface area (Å²) in [6, 6.07) is 6.86. The van der Waals surface area contributed by atoms with Gasteiger partial charge in [0.25, 0.3) is 0 Å². The van der Waals surface area contributed by atoms with Crippen LogP contribution in [0.4, 0.5) is 8.78 Å². The zero-order valence-electron chi connectivity index (χ0n) is 11.8. The highest BCUT2D eigenvalue weighted by Crippen LogP contribution is 2.22. The number of hydrogen-bond acceptors (Lipinski definition) is 3. The Kier molecular flexibility index (Phi) is 5.31. The van der Waals surface area contributed by atoms with Crippen molar-refractivity contribution >= 4 is 0 Å². The number of halogens is 2. The predicted molar refractivity (Wildman–Crippen MR) is 73.1 cm³/mol. The molecule has 0 spiro atoms. The van der Waals surface area contributed by atoms with Crippen LogP contribution in [0, 0.1) is 0 Å². The molecule has 0 saturated carbocycles. The molecule has 3 atom stereocenters. The van der Waals surface area contributed by atoms with Crippen molar-refractivity contribution in [3.05, 3.63) is 29.8 Å². The second-order valence-corrected chi connectivity index (χ2v) is 5.23. The molecule has 1 fully saturated rings. The van der Waals surface area contributed by atoms with Crippen molar-refractivity contribution in [1.29, 1.82) is 0 Å². The van der Waals surface area contributed by atoms with Gasteiger partial charge in [0.15, 0.2) is 0 Å². The third kappa shape index (κ3) is 4.42. The van der Waals surface area contributed by atoms with E-state index < -0.39 is 6.61 Å². The van der Waals surface area contributed by atoms with Gasteiger partial charge in [0.1, 0.15) is 5.75 Å². The fraction of sp³-hybridized carbons (Fsp3) is 0.600. The summed E-state index contributed by atoms with van der Waals surface area (Å²) < 4.78 is 34.5. The monoisotopic (exact) mass is 285 g/mol. The molecule has 0 bridgehead atoms. The molecule has 20 heavy (non-hydrogen) atoms. The van der Waals surface area contributed by atoms with Gasteiger partial charge in [-0.1, -0.05) is 12.1 Å². The lowest BCUT2D eigenvalue weighted by Gasteiger charge is -2.18. The third-order valence-corrected chi connectivity index (χ3v) is 3.55. The summed E-state index contributed by atoms with van der Waals surface area (Å²) in [4.78, 5) is 0. The van der Waals surface area contributed by atoms with Crippen LogP contribution >= 0.6 is 0 Å². The lowest BCUT2D eigenvalue weighted by atomic mass is 10.1. The quantitative estimate of drug-likeness (QED) is 0.867. The Labute approximate surface area is 118 Å². The van der Waals surface area contributed by atoms with E-state index in [0.717, 1.165) is 24.9 Å². The maximum atomic E-state index is 12.2. The number of alkyl halides is 2. The van der Waals surface area contributed by atoms with Gasteiger partial charge in [-0.15, -0.1) is 0 Å². The summed E-state index contributed by atoms with van der Waals surface area (Å²) in [6.07, 6.45) is 2.74. The fourth-order valence-electron chi connectivity index (χ4n) is 2.42. The van der Waals surface area contributed by atoms with Crippen LogP contribution in [-0.2, 0) is 4.74 Å². The van der Waals surface area contributed by atoms with Gasteiger partial charge in [-0.25, -0.2) is 0 Å². The highest BCUT2D eigenvalue weighted by atomic mass is 19.3. The SMILES string of the molecule is CC1CCC(CNC(C)c2cccc(OC(F)F)c2)O1. The zero-order valence-corrected chi connectivity index (χ0v) is 11.8. The van der Waals surface area contributed by atoms with E-state index in [2.05, 4.69) is 17.0 Å². The normalized spacial score (nSPS) is 24.1. The summed E-state index contributed by atoms with van der Waals surface area (Å²) in [6.45, 7) is 2.06. The van der Waals surface area contributed by atoms with E-state index in [-0.39, 0.29) is 17.9 Å². The number of ether oxygens (including phenoxy) is 2. The van der Waals surface area contributed by atoms with E-state index in [4.69, 9.17) is 4.74 Å². The number of benzene rings is 1. The maximum absolute atomic E-state index is 12.2. The minimum Gasteiger partial charge on any atom is -0.435 e. The molecule has 1 heterocycles. The van der Waals surface area contributed by atoms with Crippen LogP contribution in [0.1, 0.15) is 38.3 Å². The molecule has 1 aliphatic heterocycles. The molecule has 5 heteroatoms. The van der Waals surface area contributed by atoms with Gasteiger partial charge in [0.2, 0.25) is 0 Å². The van der Waals surface area contributed by atoms with Crippen LogP contribution < -0.4 is 10.1 Å². The van der Waals surface area contributed by atoms with E-state index in [1.165, 1.54) is 6.07 Å². The number of hydrogen-bond donors (Lipinski definition) is 1. The first-order valence-corrected chi connectivity index (χ1v) is 6.98. The second kappa shape index (κ2) is 6.99. The first-order valence-electron chi connectivity index (χ1n) is 6.98. The molecule has 1 aliphatic rings. The average molecular weight is 285 g/mol. The van der Waals surface area contributed by atoms with Crippen LogP contribution in [0.15, 0.2) is 24.3 Å². The average Bonchev–Trinajstić information content (AvgIpc) is 2.81. The van der Waals surface area contributed by atoms with Crippen molar-refractivity contribution in [1.82, 2.24) is 5.32 Å². The van der Waals surface area contributed by atoms with E-state index in [1.807, 2.05) is 13.0 Å². The van der Waals surface area contributed by atoms with Gasteiger partial charge in [-0.3, -0.25) is 0 Å². The molecule has 3 nitrogen and oxygen atoms in total. The molecule has 0 radical (unpaired) electrons. The van der Waals surface area contributed by atoms with Gasteiger partial charge in [-0.05, 0) is 44.4 Å². The highest BCUT2D eigenvalue weighted by molar-refractivity contribution is 5.30. The van der Waals surface area contributed by atoms with Crippen LogP contribution in [0.3, 0.4) is 0 Å². The molecule has 1 saturated heterocycles. The topological polar surface area (TPSA) is 30.5 Å². The Morgan fingerprint density at radius 2 is 2.20 bits per heavy atom. The summed E-state index contributed by atoms with van der Waals surface area (Å²) in [5.74, 6) is 0.192. The van der Waals surface area contributed by atoms with Crippen LogP contribution in [0.5, 0.6) is 5.75 Å². The van der Waals surface area contributed by atoms with Crippen molar-refractivity contribution in [2.24, 2.45) is 0 Å². The van der Waals surface area contributed by atoms with Gasteiger partial charge >= 0.3 is 6.61 Å². The first-order chi connectivity index (χ1) is 9.54. The second-order valence-electron chi connectivity index (χ2n) is 5.23. The summed E-state index contributed by atoms with van der Waals surface area (Å²) in [7, 11) is 0. The summed E-state index contributed by atoms with van der Waals surface area (Å²) in [5, 5.41) is 3.37. The summed E-state index contributed by atoms with van der Waals surface area (Å²) in [5.41, 5.74) is 0.925. The molecular formula is C15H21F2NO2. The standard InChI is InChI=1S/C15H21F2NO2/c1-10-6-7-14(19-10)9-18-11(2)12-4-3-5-13(8-12)20-15(16)17/h3-5,8,10-11,14-15,18H,6-7,9H2,1-2H3. The third-order valence-electron chi connectivity index (χ3n) is 3.55. The molecule has 1 N–H and O–H groups in total. The Morgan fingerprint density at radius 3 is 2.85 bits per heavy atom. The molecule has 0 amide bonds. The Hall–Kier alpha value is -1.20. The Morgan fingerprint density at radius 1 is 1.40 bits per heavy atom. The van der Waals surface area contributed by atoms with E-state index in [0.29, 0.717) is 6.10 Å². The van der Waals surface area contributed by atoms with E-state index in [1.54, 1.807) is 12.1 Å². The minimum absolute atomic E-state index is 0.0655. The molecule has 3 unspecified atom stereocenters. The van der Waals surface area contributed by atoms with Gasteiger partial charge in [0.05, 0.1) is 12.2 Å². The lowest BCUT2D eigenvalue weighted by Crippen LogP contribution is -2.29. The highest BCUT2D eigenvalue weighted by Gasteiger charge is 2.22. The number of rotatable bonds is 6. The van der Waals surface area contributed by atoms with Crippen LogP contribution in [0.25, 0.3) is 0 Å². The molecule has 1 aromatic carbocycles. The smallest absolute Gasteiger partial charge is 0.387 e. The zero-order chi connectivity index (χ0) is 14.5. The van der Waals surface area contributed by atoms with E-state index >= 15 is 0 Å². The Balaban J connectivity index is 1.86. The maximum Gasteiger partial charge on any atom is 0.387 e. The molecular weight excluding hydrogens is 264 g/mol. The summed E-state index contributed by atoms with van der Waals surface area (Å²) >= 11 is 0. The lowest BCUT2D eigenvalue weighted by molar-refractivity contribution is -0.0499. The minimum atomic E-state index is -2.79. The molecule has 0 aliphatic carbocycles. The van der Waals surface area contributed by atoms with Crippen molar-refractivity contribution in [2.45, 2.75) is 51.6 Å². The van der Waals surface area contributed by atoms with Crippen molar-refractivity contribution in [3.63, 3.8) is 0 Å². The van der Waals surface area contributed by atoms with Crippen molar-refractivity contribution < 1.29 is 18.3 Å². The van der Waals surface area contributed by atoms with Crippen molar-refractivity contribution in [2.75, 3.05) is 6.54 Å². The largest absolute Gasteiger partial charge is 0.435 e. The van der Waals surface area contributed by atoms with Gasteiger partial charge in [0, 0.05) is 12.6 Å². The molecule has 112 valence electrons. The molecule has 0 aromatic heterocycles. The van der Waals surface area contributed by atoms with Crippen LogP contribution in [0.2, 0.25) is 0 Å². The van der Waals surface area contributed by atoms with E-state index in [9.17, 15) is 8.78 Å². The van der Waals surface area contributed by atoms with Crippen molar-refractivity contribution in [3.8, 4) is 5.75 Å². The molecule has 2 rings (SSSR count). The van der Waals surface area contributed by atoms with Crippen LogP contribution in [-0.4, -0.2) is 25.4 Å².